The molecule has 0 nitrogen and oxygen atoms in total. The number of hydrogen-bond donors (Lipinski definition) is 0. The Balaban J connectivity index is 1.67. The van der Waals surface area contributed by atoms with Gasteiger partial charge in [0.25, 0.3) is 0 Å². The van der Waals surface area contributed by atoms with Crippen LogP contribution >= 0.6 is 0 Å². The zero-order chi connectivity index (χ0) is 14.9. The van der Waals surface area contributed by atoms with Crippen LogP contribution in [0.4, 0.5) is 0 Å². The first-order valence-electron chi connectivity index (χ1n) is 7.93. The Hall–Kier alpha value is -2.47. The number of hydrogen-bond acceptors (Lipinski definition) is 0. The fourth-order valence-electron chi connectivity index (χ4n) is 3.03. The van der Waals surface area contributed by atoms with E-state index in [2.05, 4.69) is 79.7 Å². The zero-order valence-electron chi connectivity index (χ0n) is 12.6. The van der Waals surface area contributed by atoms with Crippen LogP contribution in [0, 0.1) is 6.92 Å². The minimum Gasteiger partial charge on any atom is -0.0622 e. The van der Waals surface area contributed by atoms with E-state index in [0.29, 0.717) is 0 Å². The molecule has 0 atom stereocenters. The number of benzene rings is 3. The Morgan fingerprint density at radius 1 is 0.636 bits per heavy atom. The van der Waals surface area contributed by atoms with E-state index in [-0.39, 0.29) is 0 Å². The fraction of sp³-hybridized carbons (Fsp3) is 0.136. The third-order valence-corrected chi connectivity index (χ3v) is 4.49. The summed E-state index contributed by atoms with van der Waals surface area (Å²) in [4.78, 5) is 0. The van der Waals surface area contributed by atoms with Crippen molar-refractivity contribution >= 4 is 0 Å². The average Bonchev–Trinajstić information content (AvgIpc) is 3.41. The quantitative estimate of drug-likeness (QED) is 0.511. The lowest BCUT2D eigenvalue weighted by atomic mass is 9.96. The second kappa shape index (κ2) is 5.38. The Labute approximate surface area is 132 Å². The van der Waals surface area contributed by atoms with Gasteiger partial charge in [0.2, 0.25) is 0 Å². The highest BCUT2D eigenvalue weighted by Crippen LogP contribution is 2.42. The monoisotopic (exact) mass is 283 g/mol. The summed E-state index contributed by atoms with van der Waals surface area (Å²) in [6, 6.07) is 26.0. The van der Waals surface area contributed by atoms with Crippen molar-refractivity contribution in [3.63, 3.8) is 0 Å². The van der Waals surface area contributed by atoms with Crippen LogP contribution in [0.3, 0.4) is 0 Å². The predicted octanol–water partition coefficient (Wildman–Crippen LogP) is 6.08. The highest BCUT2D eigenvalue weighted by molar-refractivity contribution is 5.71. The smallest absolute Gasteiger partial charge is 0.0622 e. The summed E-state index contributed by atoms with van der Waals surface area (Å²) in [5.74, 6) is 0.746. The van der Waals surface area contributed by atoms with Gasteiger partial charge in [-0.3, -0.25) is 0 Å². The molecule has 0 saturated heterocycles. The summed E-state index contributed by atoms with van der Waals surface area (Å²) in [6.07, 6.45) is 2.64. The maximum absolute atomic E-state index is 4.17. The van der Waals surface area contributed by atoms with E-state index < -0.39 is 0 Å². The lowest BCUT2D eigenvalue weighted by molar-refractivity contribution is 1.12. The van der Waals surface area contributed by atoms with E-state index in [1.165, 1.54) is 46.2 Å². The third kappa shape index (κ3) is 2.53. The van der Waals surface area contributed by atoms with Gasteiger partial charge in [0.15, 0.2) is 0 Å². The lowest BCUT2D eigenvalue weighted by Crippen LogP contribution is -1.88. The normalized spacial score (nSPS) is 14.0. The van der Waals surface area contributed by atoms with Crippen molar-refractivity contribution in [1.29, 1.82) is 0 Å². The summed E-state index contributed by atoms with van der Waals surface area (Å²) in [7, 11) is 0. The van der Waals surface area contributed by atoms with Crippen molar-refractivity contribution in [3.8, 4) is 22.3 Å². The second-order valence-corrected chi connectivity index (χ2v) is 6.13. The van der Waals surface area contributed by atoms with Gasteiger partial charge >= 0.3 is 0 Å². The molecule has 4 rings (SSSR count). The molecule has 1 fully saturated rings. The highest BCUT2D eigenvalue weighted by Gasteiger charge is 2.30. The molecular formula is C22H19+. The Bertz CT molecular complexity index is 778. The summed E-state index contributed by atoms with van der Waals surface area (Å²) in [5.41, 5.74) is 7.73. The number of rotatable bonds is 3. The molecule has 22 heavy (non-hydrogen) atoms. The first-order valence-corrected chi connectivity index (χ1v) is 7.93. The Morgan fingerprint density at radius 3 is 1.82 bits per heavy atom. The topological polar surface area (TPSA) is 0 Å². The molecule has 0 heteroatoms. The van der Waals surface area contributed by atoms with Crippen LogP contribution in [-0.2, 0) is 0 Å². The molecule has 0 amide bonds. The van der Waals surface area contributed by atoms with Crippen LogP contribution < -0.4 is 0 Å². The molecule has 3 aromatic rings. The van der Waals surface area contributed by atoms with Gasteiger partial charge in [0.05, 0.1) is 5.56 Å². The van der Waals surface area contributed by atoms with Gasteiger partial charge in [-0.1, -0.05) is 54.6 Å². The van der Waals surface area contributed by atoms with Crippen molar-refractivity contribution in [3.05, 3.63) is 90.8 Å². The molecule has 1 saturated carbocycles. The van der Waals surface area contributed by atoms with Crippen molar-refractivity contribution in [2.75, 3.05) is 0 Å². The Kier molecular flexibility index (Phi) is 3.23. The SMILES string of the molecule is [CH2+]c1ccc(-c2ccc(-c3ccccc3)cc2)cc1C1CC1. The van der Waals surface area contributed by atoms with E-state index >= 15 is 0 Å². The summed E-state index contributed by atoms with van der Waals surface area (Å²) < 4.78 is 0. The van der Waals surface area contributed by atoms with Gasteiger partial charge in [0.1, 0.15) is 5.56 Å². The molecule has 0 spiro atoms. The van der Waals surface area contributed by atoms with E-state index in [4.69, 9.17) is 0 Å². The maximum atomic E-state index is 4.17. The minimum absolute atomic E-state index is 0.746. The van der Waals surface area contributed by atoms with Crippen molar-refractivity contribution in [1.82, 2.24) is 0 Å². The average molecular weight is 283 g/mol. The molecule has 0 unspecified atom stereocenters. The molecule has 0 radical (unpaired) electrons. The maximum Gasteiger partial charge on any atom is 0.130 e. The van der Waals surface area contributed by atoms with Gasteiger partial charge in [-0.2, -0.15) is 0 Å². The van der Waals surface area contributed by atoms with Gasteiger partial charge in [-0.15, -0.1) is 0 Å². The fourth-order valence-corrected chi connectivity index (χ4v) is 3.03. The molecule has 1 aliphatic carbocycles. The van der Waals surface area contributed by atoms with E-state index in [0.717, 1.165) is 5.92 Å². The van der Waals surface area contributed by atoms with Gasteiger partial charge in [-0.25, -0.2) is 0 Å². The van der Waals surface area contributed by atoms with Gasteiger partial charge < -0.3 is 0 Å². The molecule has 1 aliphatic rings. The van der Waals surface area contributed by atoms with Crippen molar-refractivity contribution in [2.24, 2.45) is 0 Å². The third-order valence-electron chi connectivity index (χ3n) is 4.49. The molecule has 106 valence electrons. The molecule has 3 aromatic carbocycles. The summed E-state index contributed by atoms with van der Waals surface area (Å²) in [5, 5.41) is 0. The van der Waals surface area contributed by atoms with Crippen LogP contribution in [0.25, 0.3) is 22.3 Å². The van der Waals surface area contributed by atoms with Crippen LogP contribution in [0.1, 0.15) is 29.9 Å². The van der Waals surface area contributed by atoms with Gasteiger partial charge in [0, 0.05) is 36.6 Å². The van der Waals surface area contributed by atoms with E-state index in [1.807, 2.05) is 0 Å². The molecule has 0 aromatic heterocycles. The first-order chi connectivity index (χ1) is 10.8. The van der Waals surface area contributed by atoms with Crippen molar-refractivity contribution in [2.45, 2.75) is 18.8 Å². The van der Waals surface area contributed by atoms with Crippen LogP contribution in [-0.4, -0.2) is 0 Å². The second-order valence-electron chi connectivity index (χ2n) is 6.13. The lowest BCUT2D eigenvalue weighted by Gasteiger charge is -2.05. The minimum atomic E-state index is 0.746. The Morgan fingerprint density at radius 2 is 1.18 bits per heavy atom. The zero-order valence-corrected chi connectivity index (χ0v) is 12.6. The first kappa shape index (κ1) is 13.2. The molecule has 0 bridgehead atoms. The van der Waals surface area contributed by atoms with E-state index in [9.17, 15) is 0 Å². The predicted molar refractivity (Wildman–Crippen MR) is 93.7 cm³/mol. The van der Waals surface area contributed by atoms with E-state index in [1.54, 1.807) is 0 Å². The largest absolute Gasteiger partial charge is 0.130 e. The van der Waals surface area contributed by atoms with Crippen molar-refractivity contribution < 1.29 is 0 Å². The standard InChI is InChI=1S/C22H19/c1-16-7-8-21(15-22(16)20-13-14-20)19-11-9-18(10-12-19)17-5-3-2-4-6-17/h2-12,15,20H,1,13-14H2/q+1. The summed E-state index contributed by atoms with van der Waals surface area (Å²) in [6.45, 7) is 4.17. The highest BCUT2D eigenvalue weighted by atomic mass is 14.3. The molecule has 0 heterocycles. The van der Waals surface area contributed by atoms with Gasteiger partial charge in [-0.05, 0) is 29.5 Å². The molecule has 0 aliphatic heterocycles. The van der Waals surface area contributed by atoms with Crippen LogP contribution in [0.5, 0.6) is 0 Å². The summed E-state index contributed by atoms with van der Waals surface area (Å²) >= 11 is 0. The molecule has 0 N–H and O–H groups in total. The molecular weight excluding hydrogens is 264 g/mol. The van der Waals surface area contributed by atoms with Crippen LogP contribution in [0.2, 0.25) is 0 Å². The van der Waals surface area contributed by atoms with Crippen LogP contribution in [0.15, 0.2) is 72.8 Å².